The van der Waals surface area contributed by atoms with Gasteiger partial charge in [0.2, 0.25) is 5.91 Å². The van der Waals surface area contributed by atoms with Gasteiger partial charge in [-0.25, -0.2) is 4.68 Å². The minimum absolute atomic E-state index is 0.106. The Balaban J connectivity index is 1.39. The summed E-state index contributed by atoms with van der Waals surface area (Å²) >= 11 is 6.54. The number of halogens is 1. The number of carbonyl (C=O) groups is 2. The van der Waals surface area contributed by atoms with Crippen molar-refractivity contribution in [3.63, 3.8) is 0 Å². The van der Waals surface area contributed by atoms with E-state index in [1.165, 1.54) is 0 Å². The molecule has 4 rings (SSSR count). The van der Waals surface area contributed by atoms with Gasteiger partial charge in [-0.3, -0.25) is 9.59 Å². The molecule has 0 atom stereocenters. The molecule has 0 radical (unpaired) electrons. The van der Waals surface area contributed by atoms with Crippen LogP contribution in [-0.2, 0) is 11.3 Å². The third-order valence-electron chi connectivity index (χ3n) is 5.49. The van der Waals surface area contributed by atoms with Crippen LogP contribution >= 0.6 is 11.6 Å². The third kappa shape index (κ3) is 4.64. The van der Waals surface area contributed by atoms with Gasteiger partial charge in [-0.05, 0) is 32.3 Å². The number of anilines is 1. The maximum absolute atomic E-state index is 13.1. The molecule has 0 bridgehead atoms. The fourth-order valence-electron chi connectivity index (χ4n) is 3.81. The van der Waals surface area contributed by atoms with E-state index >= 15 is 0 Å². The second kappa shape index (κ2) is 8.93. The van der Waals surface area contributed by atoms with Crippen LogP contribution in [0.3, 0.4) is 0 Å². The summed E-state index contributed by atoms with van der Waals surface area (Å²) in [5.41, 5.74) is 2.09. The summed E-state index contributed by atoms with van der Waals surface area (Å²) in [4.78, 5) is 27.4. The van der Waals surface area contributed by atoms with E-state index in [0.717, 1.165) is 5.56 Å². The lowest BCUT2D eigenvalue weighted by Gasteiger charge is -2.31. The van der Waals surface area contributed by atoms with Gasteiger partial charge >= 0.3 is 0 Å². The molecule has 3 heterocycles. The van der Waals surface area contributed by atoms with E-state index in [1.54, 1.807) is 29.5 Å². The Bertz CT molecular complexity index is 1080. The molecule has 0 aliphatic carbocycles. The van der Waals surface area contributed by atoms with Gasteiger partial charge in [0, 0.05) is 25.1 Å². The zero-order valence-electron chi connectivity index (χ0n) is 17.5. The summed E-state index contributed by atoms with van der Waals surface area (Å²) < 4.78 is 6.63. The number of hydrogen-bond donors (Lipinski definition) is 1. The van der Waals surface area contributed by atoms with E-state index in [1.807, 2.05) is 30.3 Å². The number of benzene rings is 1. The molecule has 0 unspecified atom stereocenters. The topological polar surface area (TPSA) is 93.3 Å². The van der Waals surface area contributed by atoms with E-state index in [4.69, 9.17) is 16.1 Å². The maximum Gasteiger partial charge on any atom is 0.258 e. The molecule has 162 valence electrons. The maximum atomic E-state index is 13.1. The Morgan fingerprint density at radius 3 is 2.55 bits per heavy atom. The highest BCUT2D eigenvalue weighted by molar-refractivity contribution is 6.33. The highest BCUT2D eigenvalue weighted by Crippen LogP contribution is 2.26. The fraction of sp³-hybridized carbons (Fsp3) is 0.364. The van der Waals surface area contributed by atoms with E-state index in [2.05, 4.69) is 15.6 Å². The Morgan fingerprint density at radius 2 is 1.90 bits per heavy atom. The Hall–Kier alpha value is -3.13. The summed E-state index contributed by atoms with van der Waals surface area (Å²) in [6.07, 6.45) is 1.15. The largest absolute Gasteiger partial charge is 0.360 e. The molecule has 1 fully saturated rings. The first-order chi connectivity index (χ1) is 14.9. The molecule has 1 aliphatic heterocycles. The number of rotatable bonds is 5. The molecule has 1 aromatic carbocycles. The Morgan fingerprint density at radius 1 is 1.19 bits per heavy atom. The average Bonchev–Trinajstić information content (AvgIpc) is 3.30. The van der Waals surface area contributed by atoms with Crippen molar-refractivity contribution in [2.45, 2.75) is 33.2 Å². The van der Waals surface area contributed by atoms with Crippen molar-refractivity contribution in [1.82, 2.24) is 19.8 Å². The molecule has 9 heteroatoms. The van der Waals surface area contributed by atoms with Crippen LogP contribution in [0.25, 0.3) is 0 Å². The predicted octanol–water partition coefficient (Wildman–Crippen LogP) is 3.68. The van der Waals surface area contributed by atoms with E-state index in [9.17, 15) is 9.59 Å². The number of amides is 2. The van der Waals surface area contributed by atoms with Gasteiger partial charge < -0.3 is 14.7 Å². The monoisotopic (exact) mass is 441 g/mol. The van der Waals surface area contributed by atoms with Crippen LogP contribution < -0.4 is 5.32 Å². The molecule has 8 nitrogen and oxygen atoms in total. The first kappa shape index (κ1) is 21.1. The van der Waals surface area contributed by atoms with Gasteiger partial charge in [0.1, 0.15) is 10.9 Å². The molecule has 31 heavy (non-hydrogen) atoms. The lowest BCUT2D eigenvalue weighted by molar-refractivity contribution is -0.121. The summed E-state index contributed by atoms with van der Waals surface area (Å²) in [5, 5.41) is 11.4. The zero-order valence-corrected chi connectivity index (χ0v) is 18.2. The van der Waals surface area contributed by atoms with Crippen molar-refractivity contribution < 1.29 is 14.1 Å². The molecule has 0 saturated carbocycles. The zero-order chi connectivity index (χ0) is 22.0. The third-order valence-corrected chi connectivity index (χ3v) is 5.87. The summed E-state index contributed by atoms with van der Waals surface area (Å²) in [6.45, 7) is 5.02. The van der Waals surface area contributed by atoms with Gasteiger partial charge in [-0.15, -0.1) is 0 Å². The minimum atomic E-state index is -0.182. The van der Waals surface area contributed by atoms with Crippen LogP contribution in [0.2, 0.25) is 5.15 Å². The highest BCUT2D eigenvalue weighted by Gasteiger charge is 2.31. The molecule has 2 amide bonds. The summed E-state index contributed by atoms with van der Waals surface area (Å²) in [7, 11) is 0. The number of nitrogens with one attached hydrogen (secondary N) is 1. The number of carbonyl (C=O) groups excluding carboxylic acids is 2. The van der Waals surface area contributed by atoms with E-state index in [-0.39, 0.29) is 17.7 Å². The van der Waals surface area contributed by atoms with Crippen LogP contribution in [0, 0.1) is 19.8 Å². The van der Waals surface area contributed by atoms with Crippen molar-refractivity contribution >= 4 is 29.2 Å². The van der Waals surface area contributed by atoms with Crippen molar-refractivity contribution in [1.29, 1.82) is 0 Å². The van der Waals surface area contributed by atoms with Gasteiger partial charge in [0.05, 0.1) is 17.8 Å². The number of aryl methyl sites for hydroxylation is 2. The van der Waals surface area contributed by atoms with Crippen molar-refractivity contribution in [3.05, 3.63) is 64.1 Å². The molecule has 1 N–H and O–H groups in total. The van der Waals surface area contributed by atoms with Crippen molar-refractivity contribution in [2.75, 3.05) is 18.4 Å². The second-order valence-corrected chi connectivity index (χ2v) is 8.13. The van der Waals surface area contributed by atoms with Crippen molar-refractivity contribution in [3.8, 4) is 0 Å². The van der Waals surface area contributed by atoms with Gasteiger partial charge in [0.15, 0.2) is 5.82 Å². The fourth-order valence-corrected chi connectivity index (χ4v) is 4.13. The highest BCUT2D eigenvalue weighted by atomic mass is 35.5. The van der Waals surface area contributed by atoms with Gasteiger partial charge in [-0.2, -0.15) is 5.10 Å². The van der Waals surface area contributed by atoms with Crippen LogP contribution in [0.5, 0.6) is 0 Å². The van der Waals surface area contributed by atoms with Crippen molar-refractivity contribution in [2.24, 2.45) is 5.92 Å². The number of hydrogen-bond acceptors (Lipinski definition) is 5. The van der Waals surface area contributed by atoms with Gasteiger partial charge in [0.25, 0.3) is 5.91 Å². The summed E-state index contributed by atoms with van der Waals surface area (Å²) in [6, 6.07) is 11.5. The van der Waals surface area contributed by atoms with Crippen LogP contribution in [0.4, 0.5) is 5.82 Å². The average molecular weight is 442 g/mol. The predicted molar refractivity (Wildman–Crippen MR) is 116 cm³/mol. The SMILES string of the molecule is Cc1cc(NC(=O)C2CCN(C(=O)c3c(C)nn(Cc4ccccc4)c3Cl)CC2)no1. The standard InChI is InChI=1S/C22H24ClN5O3/c1-14-12-18(26-31-14)24-21(29)17-8-10-27(11-9-17)22(30)19-15(2)25-28(20(19)23)13-16-6-4-3-5-7-16/h3-7,12,17H,8-11,13H2,1-2H3,(H,24,26,29). The van der Waals surface area contributed by atoms with E-state index in [0.29, 0.717) is 60.5 Å². The quantitative estimate of drug-likeness (QED) is 0.651. The number of piperidine rings is 1. The first-order valence-corrected chi connectivity index (χ1v) is 10.6. The molecule has 1 saturated heterocycles. The molecule has 2 aromatic heterocycles. The number of aromatic nitrogens is 3. The molecule has 3 aromatic rings. The lowest BCUT2D eigenvalue weighted by Crippen LogP contribution is -2.41. The first-order valence-electron chi connectivity index (χ1n) is 10.2. The summed E-state index contributed by atoms with van der Waals surface area (Å²) in [5.74, 6) is 0.613. The van der Waals surface area contributed by atoms with E-state index < -0.39 is 0 Å². The van der Waals surface area contributed by atoms with Gasteiger partial charge in [-0.1, -0.05) is 47.1 Å². The van der Waals surface area contributed by atoms with Crippen LogP contribution in [-0.4, -0.2) is 44.7 Å². The molecule has 0 spiro atoms. The smallest absolute Gasteiger partial charge is 0.258 e. The normalized spacial score (nSPS) is 14.6. The Kier molecular flexibility index (Phi) is 6.08. The molecular formula is C22H24ClN5O3. The van der Waals surface area contributed by atoms with Crippen LogP contribution in [0.1, 0.15) is 40.2 Å². The molecule has 1 aliphatic rings. The molecular weight excluding hydrogens is 418 g/mol. The number of likely N-dealkylation sites (tertiary alicyclic amines) is 1. The lowest BCUT2D eigenvalue weighted by atomic mass is 9.95. The second-order valence-electron chi connectivity index (χ2n) is 7.77. The van der Waals surface area contributed by atoms with Crippen LogP contribution in [0.15, 0.2) is 40.9 Å². The minimum Gasteiger partial charge on any atom is -0.360 e. The Labute approximate surface area is 185 Å². The number of nitrogens with zero attached hydrogens (tertiary/aromatic N) is 4.